The molecule has 0 radical (unpaired) electrons. The molecular formula is C29H38ClIO7. The Kier molecular flexibility index (Phi) is 13.7. The van der Waals surface area contributed by atoms with E-state index in [1.807, 2.05) is 36.4 Å². The molecule has 210 valence electrons. The average molecular weight is 661 g/mol. The minimum atomic E-state index is -0.500. The first kappa shape index (κ1) is 32.2. The molecule has 0 aliphatic carbocycles. The zero-order valence-corrected chi connectivity index (χ0v) is 25.7. The topological polar surface area (TPSA) is 80.3 Å². The summed E-state index contributed by atoms with van der Waals surface area (Å²) in [6, 6.07) is 14.0. The van der Waals surface area contributed by atoms with E-state index in [2.05, 4.69) is 49.4 Å². The average Bonchev–Trinajstić information content (AvgIpc) is 2.87. The largest absolute Gasteiger partial charge is 0.490 e. The lowest BCUT2D eigenvalue weighted by Crippen LogP contribution is -2.29. The molecule has 0 bridgehead atoms. The van der Waals surface area contributed by atoms with Gasteiger partial charge in [0, 0.05) is 25.9 Å². The number of alkyl halides is 1. The number of carbonyl (C=O) groups is 2. The van der Waals surface area contributed by atoms with Gasteiger partial charge in [-0.1, -0.05) is 45.4 Å². The van der Waals surface area contributed by atoms with E-state index in [4.69, 9.17) is 35.3 Å². The van der Waals surface area contributed by atoms with Gasteiger partial charge in [0.05, 0.1) is 16.1 Å². The highest BCUT2D eigenvalue weighted by atomic mass is 127. The van der Waals surface area contributed by atoms with Crippen LogP contribution in [0.4, 0.5) is 0 Å². The maximum Gasteiger partial charge on any atom is 0.303 e. The molecule has 2 atom stereocenters. The molecule has 0 aromatic heterocycles. The standard InChI is InChI=1S/C29H38ClIO7/c1-6-7-14-34-17-26(38-21(3)33)19-35-24-11-8-22(9-12-24)29(4,5)23-10-13-28(27(31)15-23)36-18-25(16-30)37-20(2)32/h8-13,15,25-26H,6-7,14,16-19H2,1-5H3/t25-,26-/m0/s1. The van der Waals surface area contributed by atoms with E-state index in [9.17, 15) is 9.59 Å². The summed E-state index contributed by atoms with van der Waals surface area (Å²) in [6.07, 6.45) is 1.04. The molecule has 0 fully saturated rings. The zero-order valence-electron chi connectivity index (χ0n) is 22.8. The Hall–Kier alpha value is -2.04. The van der Waals surface area contributed by atoms with Gasteiger partial charge in [0.2, 0.25) is 0 Å². The van der Waals surface area contributed by atoms with Crippen molar-refractivity contribution < 1.29 is 33.3 Å². The molecule has 2 rings (SSSR count). The molecule has 0 unspecified atom stereocenters. The predicted molar refractivity (Wildman–Crippen MR) is 156 cm³/mol. The molecule has 0 heterocycles. The number of benzene rings is 2. The van der Waals surface area contributed by atoms with Crippen molar-refractivity contribution in [1.82, 2.24) is 0 Å². The highest BCUT2D eigenvalue weighted by Crippen LogP contribution is 2.35. The number of carbonyl (C=O) groups excluding carboxylic acids is 2. The van der Waals surface area contributed by atoms with Gasteiger partial charge < -0.3 is 23.7 Å². The normalized spacial score (nSPS) is 12.9. The zero-order chi connectivity index (χ0) is 28.1. The Labute approximate surface area is 244 Å². The number of unbranched alkanes of at least 4 members (excludes halogenated alkanes) is 1. The van der Waals surface area contributed by atoms with Gasteiger partial charge in [-0.15, -0.1) is 11.6 Å². The quantitative estimate of drug-likeness (QED) is 0.0906. The van der Waals surface area contributed by atoms with Gasteiger partial charge in [0.25, 0.3) is 0 Å². The summed E-state index contributed by atoms with van der Waals surface area (Å²) in [5.74, 6) is 0.817. The van der Waals surface area contributed by atoms with Crippen LogP contribution in [0.25, 0.3) is 0 Å². The molecule has 7 nitrogen and oxygen atoms in total. The molecule has 0 amide bonds. The Bertz CT molecular complexity index is 1030. The van der Waals surface area contributed by atoms with Crippen LogP contribution in [0.1, 0.15) is 58.6 Å². The first-order valence-electron chi connectivity index (χ1n) is 12.7. The van der Waals surface area contributed by atoms with Gasteiger partial charge in [-0.25, -0.2) is 0 Å². The van der Waals surface area contributed by atoms with Crippen LogP contribution in [0.2, 0.25) is 0 Å². The van der Waals surface area contributed by atoms with Crippen LogP contribution in [0.15, 0.2) is 42.5 Å². The summed E-state index contributed by atoms with van der Waals surface area (Å²) in [5, 5.41) is 0. The lowest BCUT2D eigenvalue weighted by Gasteiger charge is -2.27. The third kappa shape index (κ3) is 10.6. The van der Waals surface area contributed by atoms with Crippen molar-refractivity contribution >= 4 is 46.1 Å². The fraction of sp³-hybridized carbons (Fsp3) is 0.517. The van der Waals surface area contributed by atoms with Crippen LogP contribution in [-0.2, 0) is 29.2 Å². The van der Waals surface area contributed by atoms with Gasteiger partial charge in [-0.3, -0.25) is 9.59 Å². The van der Waals surface area contributed by atoms with Gasteiger partial charge >= 0.3 is 11.9 Å². The van der Waals surface area contributed by atoms with Crippen LogP contribution in [0.3, 0.4) is 0 Å². The van der Waals surface area contributed by atoms with E-state index in [0.717, 1.165) is 27.5 Å². The SMILES string of the molecule is CCCCOC[C@@H](COc1ccc(C(C)(C)c2ccc(OC[C@H](CCl)OC(C)=O)c(I)c2)cc1)OC(C)=O. The molecule has 0 N–H and O–H groups in total. The first-order chi connectivity index (χ1) is 18.1. The number of halogens is 2. The molecule has 38 heavy (non-hydrogen) atoms. The van der Waals surface area contributed by atoms with E-state index in [1.54, 1.807) is 0 Å². The molecule has 2 aromatic carbocycles. The minimum Gasteiger partial charge on any atom is -0.490 e. The lowest BCUT2D eigenvalue weighted by atomic mass is 9.78. The fourth-order valence-corrected chi connectivity index (χ4v) is 4.49. The van der Waals surface area contributed by atoms with Gasteiger partial charge in [0.1, 0.15) is 30.8 Å². The van der Waals surface area contributed by atoms with E-state index in [0.29, 0.717) is 24.7 Å². The second-order valence-corrected chi connectivity index (χ2v) is 10.9. The number of esters is 2. The highest BCUT2D eigenvalue weighted by molar-refractivity contribution is 14.1. The Morgan fingerprint density at radius 3 is 2.08 bits per heavy atom. The van der Waals surface area contributed by atoms with Gasteiger partial charge in [-0.05, 0) is 64.4 Å². The molecule has 9 heteroatoms. The summed E-state index contributed by atoms with van der Waals surface area (Å²) in [5.41, 5.74) is 1.96. The van der Waals surface area contributed by atoms with Crippen LogP contribution < -0.4 is 9.47 Å². The second kappa shape index (κ2) is 16.2. The Morgan fingerprint density at radius 2 is 1.50 bits per heavy atom. The molecule has 0 aliphatic rings. The molecule has 0 saturated carbocycles. The van der Waals surface area contributed by atoms with E-state index < -0.39 is 12.2 Å². The van der Waals surface area contributed by atoms with Crippen LogP contribution in [0.5, 0.6) is 11.5 Å². The maximum atomic E-state index is 11.4. The van der Waals surface area contributed by atoms with E-state index >= 15 is 0 Å². The minimum absolute atomic E-state index is 0.165. The van der Waals surface area contributed by atoms with Crippen molar-refractivity contribution in [3.63, 3.8) is 0 Å². The molecule has 0 spiro atoms. The van der Waals surface area contributed by atoms with Crippen LogP contribution in [0, 0.1) is 3.57 Å². The van der Waals surface area contributed by atoms with Crippen molar-refractivity contribution in [2.75, 3.05) is 32.3 Å². The number of rotatable bonds is 16. The molecule has 0 aliphatic heterocycles. The second-order valence-electron chi connectivity index (χ2n) is 9.46. The van der Waals surface area contributed by atoms with E-state index in [-0.39, 0.29) is 36.4 Å². The molecule has 2 aromatic rings. The maximum absolute atomic E-state index is 11.4. The summed E-state index contributed by atoms with van der Waals surface area (Å²) in [6.45, 7) is 10.5. The molecular weight excluding hydrogens is 623 g/mol. The van der Waals surface area contributed by atoms with Gasteiger partial charge in [0.15, 0.2) is 6.10 Å². The smallest absolute Gasteiger partial charge is 0.303 e. The van der Waals surface area contributed by atoms with Crippen molar-refractivity contribution in [2.45, 2.75) is 65.1 Å². The Morgan fingerprint density at radius 1 is 0.895 bits per heavy atom. The first-order valence-corrected chi connectivity index (χ1v) is 14.3. The summed E-state index contributed by atoms with van der Waals surface area (Å²) < 4.78 is 28.8. The number of ether oxygens (including phenoxy) is 5. The van der Waals surface area contributed by atoms with Crippen LogP contribution in [-0.4, -0.2) is 56.5 Å². The lowest BCUT2D eigenvalue weighted by molar-refractivity contribution is -0.151. The van der Waals surface area contributed by atoms with E-state index in [1.165, 1.54) is 13.8 Å². The van der Waals surface area contributed by atoms with Crippen LogP contribution >= 0.6 is 34.2 Å². The highest BCUT2D eigenvalue weighted by Gasteiger charge is 2.24. The van der Waals surface area contributed by atoms with Gasteiger partial charge in [-0.2, -0.15) is 0 Å². The van der Waals surface area contributed by atoms with Crippen molar-refractivity contribution in [3.05, 3.63) is 57.2 Å². The third-order valence-corrected chi connectivity index (χ3v) is 7.06. The third-order valence-electron chi connectivity index (χ3n) is 5.87. The number of hydrogen-bond acceptors (Lipinski definition) is 7. The summed E-state index contributed by atoms with van der Waals surface area (Å²) in [7, 11) is 0. The summed E-state index contributed by atoms with van der Waals surface area (Å²) >= 11 is 8.12. The van der Waals surface area contributed by atoms with Crippen molar-refractivity contribution in [2.24, 2.45) is 0 Å². The van der Waals surface area contributed by atoms with Crippen molar-refractivity contribution in [1.29, 1.82) is 0 Å². The fourth-order valence-electron chi connectivity index (χ4n) is 3.67. The monoisotopic (exact) mass is 660 g/mol. The molecule has 0 saturated heterocycles. The summed E-state index contributed by atoms with van der Waals surface area (Å²) in [4.78, 5) is 22.6. The number of hydrogen-bond donors (Lipinski definition) is 0. The Balaban J connectivity index is 2.02. The van der Waals surface area contributed by atoms with Crippen molar-refractivity contribution in [3.8, 4) is 11.5 Å². The predicted octanol–water partition coefficient (Wildman–Crippen LogP) is 6.29.